The molecule has 1 unspecified atom stereocenters. The average Bonchev–Trinajstić information content (AvgIpc) is 2.29. The zero-order valence-corrected chi connectivity index (χ0v) is 10.9. The van der Waals surface area contributed by atoms with Crippen molar-refractivity contribution in [1.29, 1.82) is 0 Å². The van der Waals surface area contributed by atoms with Crippen molar-refractivity contribution in [1.82, 2.24) is 15.5 Å². The Kier molecular flexibility index (Phi) is 3.47. The predicted molar refractivity (Wildman–Crippen MR) is 66.3 cm³/mol. The van der Waals surface area contributed by atoms with Crippen LogP contribution in [-0.4, -0.2) is 53.2 Å². The van der Waals surface area contributed by atoms with E-state index < -0.39 is 11.5 Å². The molecule has 0 radical (unpaired) electrons. The van der Waals surface area contributed by atoms with Crippen LogP contribution in [0.15, 0.2) is 0 Å². The Morgan fingerprint density at radius 1 is 1.28 bits per heavy atom. The van der Waals surface area contributed by atoms with Crippen molar-refractivity contribution in [3.8, 4) is 0 Å². The maximum Gasteiger partial charge on any atom is 0.328 e. The number of hydrogen-bond acceptors (Lipinski definition) is 3. The van der Waals surface area contributed by atoms with Gasteiger partial charge in [-0.25, -0.2) is 9.59 Å². The number of hydrogen-bond donors (Lipinski definition) is 3. The second-order valence-electron chi connectivity index (χ2n) is 5.77. The number of nitrogens with one attached hydrogen (secondary N) is 2. The number of carbonyl (C=O) groups is 2. The molecule has 3 N–H and O–H groups in total. The summed E-state index contributed by atoms with van der Waals surface area (Å²) in [6.07, 6.45) is 2.24. The lowest BCUT2D eigenvalue weighted by Gasteiger charge is -2.45. The Bertz CT molecular complexity index is 348. The summed E-state index contributed by atoms with van der Waals surface area (Å²) in [5.41, 5.74) is -1.24. The molecule has 18 heavy (non-hydrogen) atoms. The van der Waals surface area contributed by atoms with Crippen LogP contribution in [0.25, 0.3) is 0 Å². The van der Waals surface area contributed by atoms with E-state index in [2.05, 4.69) is 15.5 Å². The minimum Gasteiger partial charge on any atom is -0.480 e. The molecule has 102 valence electrons. The second kappa shape index (κ2) is 4.76. The van der Waals surface area contributed by atoms with Gasteiger partial charge in [0.1, 0.15) is 5.54 Å². The zero-order chi connectivity index (χ0) is 13.3. The summed E-state index contributed by atoms with van der Waals surface area (Å²) in [7, 11) is 0. The lowest BCUT2D eigenvalue weighted by molar-refractivity contribution is -0.142. The number of aliphatic carboxylic acids is 1. The van der Waals surface area contributed by atoms with E-state index in [-0.39, 0.29) is 12.1 Å². The SMILES string of the molecule is CC(C)(NC(=O)NC1CN2CCC1CC2)C(=O)O. The van der Waals surface area contributed by atoms with Crippen molar-refractivity contribution < 1.29 is 14.7 Å². The molecule has 3 rings (SSSR count). The van der Waals surface area contributed by atoms with Crippen LogP contribution in [0.5, 0.6) is 0 Å². The molecule has 2 amide bonds. The van der Waals surface area contributed by atoms with Crippen LogP contribution in [0.3, 0.4) is 0 Å². The van der Waals surface area contributed by atoms with E-state index in [1.165, 1.54) is 13.8 Å². The van der Waals surface area contributed by atoms with E-state index in [1.54, 1.807) is 0 Å². The van der Waals surface area contributed by atoms with Crippen LogP contribution in [0.4, 0.5) is 4.79 Å². The zero-order valence-electron chi connectivity index (χ0n) is 10.9. The van der Waals surface area contributed by atoms with Gasteiger partial charge in [0.05, 0.1) is 0 Å². The molecule has 0 aromatic carbocycles. The standard InChI is InChI=1S/C12H21N3O3/c1-12(2,10(16)17)14-11(18)13-9-7-15-5-3-8(9)4-6-15/h8-9H,3-7H2,1-2H3,(H,16,17)(H2,13,14,18). The molecule has 0 aromatic rings. The molecule has 0 aromatic heterocycles. The fourth-order valence-corrected chi connectivity index (χ4v) is 2.67. The second-order valence-corrected chi connectivity index (χ2v) is 5.77. The summed E-state index contributed by atoms with van der Waals surface area (Å²) in [6, 6.07) is -0.238. The number of amides is 2. The topological polar surface area (TPSA) is 81.7 Å². The molecule has 6 nitrogen and oxygen atoms in total. The minimum absolute atomic E-state index is 0.150. The maximum atomic E-state index is 11.8. The van der Waals surface area contributed by atoms with E-state index in [4.69, 9.17) is 5.11 Å². The smallest absolute Gasteiger partial charge is 0.328 e. The van der Waals surface area contributed by atoms with Gasteiger partial charge in [0, 0.05) is 12.6 Å². The summed E-state index contributed by atoms with van der Waals surface area (Å²) in [4.78, 5) is 25.1. The molecule has 3 aliphatic heterocycles. The first kappa shape index (κ1) is 13.1. The fraction of sp³-hybridized carbons (Fsp3) is 0.833. The van der Waals surface area contributed by atoms with E-state index in [9.17, 15) is 9.59 Å². The van der Waals surface area contributed by atoms with Gasteiger partial charge in [-0.15, -0.1) is 0 Å². The highest BCUT2D eigenvalue weighted by molar-refractivity contribution is 5.85. The van der Waals surface area contributed by atoms with Gasteiger partial charge in [-0.1, -0.05) is 0 Å². The quantitative estimate of drug-likeness (QED) is 0.675. The Hall–Kier alpha value is -1.30. The summed E-state index contributed by atoms with van der Waals surface area (Å²) >= 11 is 0. The van der Waals surface area contributed by atoms with Crippen molar-refractivity contribution in [2.75, 3.05) is 19.6 Å². The average molecular weight is 255 g/mol. The first-order valence-corrected chi connectivity index (χ1v) is 6.43. The number of fused-ring (bicyclic) bond motifs is 3. The van der Waals surface area contributed by atoms with Gasteiger partial charge in [-0.05, 0) is 45.7 Å². The highest BCUT2D eigenvalue weighted by Gasteiger charge is 2.36. The van der Waals surface area contributed by atoms with E-state index in [0.29, 0.717) is 5.92 Å². The summed E-state index contributed by atoms with van der Waals surface area (Å²) < 4.78 is 0. The molecule has 3 fully saturated rings. The van der Waals surface area contributed by atoms with Gasteiger partial charge in [-0.2, -0.15) is 0 Å². The van der Waals surface area contributed by atoms with Crippen LogP contribution >= 0.6 is 0 Å². The molecule has 0 spiro atoms. The van der Waals surface area contributed by atoms with E-state index in [1.807, 2.05) is 0 Å². The predicted octanol–water partition coefficient (Wildman–Crippen LogP) is 0.243. The van der Waals surface area contributed by atoms with Crippen LogP contribution in [0, 0.1) is 5.92 Å². The number of piperidine rings is 3. The number of urea groups is 1. The van der Waals surface area contributed by atoms with Gasteiger partial charge >= 0.3 is 12.0 Å². The molecule has 6 heteroatoms. The Labute approximate surface area is 107 Å². The van der Waals surface area contributed by atoms with Gasteiger partial charge < -0.3 is 20.6 Å². The highest BCUT2D eigenvalue weighted by atomic mass is 16.4. The molecule has 2 bridgehead atoms. The van der Waals surface area contributed by atoms with Crippen LogP contribution in [-0.2, 0) is 4.79 Å². The summed E-state index contributed by atoms with van der Waals surface area (Å²) in [6.45, 7) is 6.07. The van der Waals surface area contributed by atoms with Gasteiger partial charge in [0.2, 0.25) is 0 Å². The highest BCUT2D eigenvalue weighted by Crippen LogP contribution is 2.27. The molecular weight excluding hydrogens is 234 g/mol. The van der Waals surface area contributed by atoms with Gasteiger partial charge in [0.25, 0.3) is 0 Å². The van der Waals surface area contributed by atoms with Crippen molar-refractivity contribution in [3.05, 3.63) is 0 Å². The molecule has 3 heterocycles. The van der Waals surface area contributed by atoms with Crippen molar-refractivity contribution in [2.24, 2.45) is 5.92 Å². The number of carboxylic acids is 1. The Morgan fingerprint density at radius 2 is 1.89 bits per heavy atom. The molecule has 0 aliphatic carbocycles. The Balaban J connectivity index is 1.86. The molecular formula is C12H21N3O3. The monoisotopic (exact) mass is 255 g/mol. The van der Waals surface area contributed by atoms with Crippen molar-refractivity contribution in [3.63, 3.8) is 0 Å². The van der Waals surface area contributed by atoms with Crippen LogP contribution < -0.4 is 10.6 Å². The van der Waals surface area contributed by atoms with Crippen molar-refractivity contribution >= 4 is 12.0 Å². The van der Waals surface area contributed by atoms with Crippen LogP contribution in [0.2, 0.25) is 0 Å². The number of carboxylic acid groups (broad SMARTS) is 1. The van der Waals surface area contributed by atoms with E-state index in [0.717, 1.165) is 32.5 Å². The first-order chi connectivity index (χ1) is 8.38. The summed E-state index contributed by atoms with van der Waals surface area (Å²) in [5, 5.41) is 14.4. The maximum absolute atomic E-state index is 11.8. The molecule has 1 atom stereocenters. The molecule has 3 saturated heterocycles. The normalized spacial score (nSPS) is 30.9. The van der Waals surface area contributed by atoms with Crippen LogP contribution in [0.1, 0.15) is 26.7 Å². The number of carbonyl (C=O) groups excluding carboxylic acids is 1. The van der Waals surface area contributed by atoms with Crippen molar-refractivity contribution in [2.45, 2.75) is 38.3 Å². The third-order valence-corrected chi connectivity index (χ3v) is 3.93. The summed E-state index contributed by atoms with van der Waals surface area (Å²) in [5.74, 6) is -0.500. The fourth-order valence-electron chi connectivity index (χ4n) is 2.67. The third kappa shape index (κ3) is 2.75. The molecule has 3 aliphatic rings. The minimum atomic E-state index is -1.24. The Morgan fingerprint density at radius 3 is 2.33 bits per heavy atom. The first-order valence-electron chi connectivity index (χ1n) is 6.43. The van der Waals surface area contributed by atoms with Gasteiger partial charge in [0.15, 0.2) is 0 Å². The molecule has 0 saturated carbocycles. The lowest BCUT2D eigenvalue weighted by Crippen LogP contribution is -2.61. The third-order valence-electron chi connectivity index (χ3n) is 3.93. The number of nitrogens with zero attached hydrogens (tertiary/aromatic N) is 1. The van der Waals surface area contributed by atoms with E-state index >= 15 is 0 Å². The number of rotatable bonds is 3. The van der Waals surface area contributed by atoms with Gasteiger partial charge in [-0.3, -0.25) is 0 Å². The lowest BCUT2D eigenvalue weighted by atomic mass is 9.84. The largest absolute Gasteiger partial charge is 0.480 e.